The molecule has 0 aliphatic heterocycles. The molecular formula is C12H17NO4. The Bertz CT molecular complexity index is 359. The Morgan fingerprint density at radius 1 is 1.71 bits per heavy atom. The molecule has 1 heterocycles. The molecule has 1 fully saturated rings. The van der Waals surface area contributed by atoms with Crippen LogP contribution in [0.5, 0.6) is 0 Å². The summed E-state index contributed by atoms with van der Waals surface area (Å²) in [5.74, 6) is -0.0513. The lowest BCUT2D eigenvalue weighted by molar-refractivity contribution is -0.146. The molecule has 1 aromatic heterocycles. The summed E-state index contributed by atoms with van der Waals surface area (Å²) in [5, 5.41) is 9.23. The Kier molecular flexibility index (Phi) is 3.81. The van der Waals surface area contributed by atoms with Crippen LogP contribution < -0.4 is 0 Å². The van der Waals surface area contributed by atoms with E-state index in [2.05, 4.69) is 0 Å². The topological polar surface area (TPSA) is 62.9 Å². The van der Waals surface area contributed by atoms with Gasteiger partial charge in [0.15, 0.2) is 0 Å². The van der Waals surface area contributed by atoms with Gasteiger partial charge in [-0.15, -0.1) is 0 Å². The van der Waals surface area contributed by atoms with Gasteiger partial charge in [-0.05, 0) is 25.0 Å². The van der Waals surface area contributed by atoms with Crippen LogP contribution in [-0.4, -0.2) is 41.8 Å². The number of aliphatic carboxylic acids is 1. The van der Waals surface area contributed by atoms with Gasteiger partial charge >= 0.3 is 5.97 Å². The highest BCUT2D eigenvalue weighted by Crippen LogP contribution is 2.30. The monoisotopic (exact) mass is 239 g/mol. The molecule has 0 amide bonds. The van der Waals surface area contributed by atoms with Crippen LogP contribution in [-0.2, 0) is 16.1 Å². The molecule has 0 saturated heterocycles. The van der Waals surface area contributed by atoms with Crippen molar-refractivity contribution in [3.8, 4) is 0 Å². The van der Waals surface area contributed by atoms with Crippen molar-refractivity contribution < 1.29 is 19.1 Å². The number of hydrogen-bond acceptors (Lipinski definition) is 4. The van der Waals surface area contributed by atoms with Gasteiger partial charge in [0, 0.05) is 13.2 Å². The van der Waals surface area contributed by atoms with Gasteiger partial charge in [0.2, 0.25) is 0 Å². The van der Waals surface area contributed by atoms with Gasteiger partial charge in [-0.1, -0.05) is 0 Å². The van der Waals surface area contributed by atoms with Gasteiger partial charge in [-0.3, -0.25) is 9.69 Å². The Labute approximate surface area is 100.0 Å². The van der Waals surface area contributed by atoms with E-state index < -0.39 is 12.0 Å². The lowest BCUT2D eigenvalue weighted by Crippen LogP contribution is -2.45. The minimum atomic E-state index is -0.842. The van der Waals surface area contributed by atoms with E-state index in [-0.39, 0.29) is 6.61 Å². The Hall–Kier alpha value is -1.33. The summed E-state index contributed by atoms with van der Waals surface area (Å²) in [7, 11) is 1.52. The van der Waals surface area contributed by atoms with Gasteiger partial charge < -0.3 is 14.3 Å². The zero-order chi connectivity index (χ0) is 12.3. The van der Waals surface area contributed by atoms with Crippen molar-refractivity contribution in [2.75, 3.05) is 13.7 Å². The van der Waals surface area contributed by atoms with Gasteiger partial charge in [0.05, 0.1) is 19.4 Å². The molecule has 1 aliphatic carbocycles. The van der Waals surface area contributed by atoms with E-state index in [0.717, 1.165) is 18.6 Å². The van der Waals surface area contributed by atoms with Crippen molar-refractivity contribution in [1.82, 2.24) is 4.90 Å². The van der Waals surface area contributed by atoms with Gasteiger partial charge in [0.25, 0.3) is 0 Å². The standard InChI is InChI=1S/C12H17NO4/c1-16-8-11(12(14)15)13(9-4-5-9)7-10-3-2-6-17-10/h2-3,6,9,11H,4-5,7-8H2,1H3,(H,14,15). The van der Waals surface area contributed by atoms with E-state index in [9.17, 15) is 9.90 Å². The van der Waals surface area contributed by atoms with E-state index in [1.165, 1.54) is 7.11 Å². The average molecular weight is 239 g/mol. The number of rotatable bonds is 7. The minimum absolute atomic E-state index is 0.201. The lowest BCUT2D eigenvalue weighted by atomic mass is 10.2. The van der Waals surface area contributed by atoms with Crippen molar-refractivity contribution in [3.63, 3.8) is 0 Å². The second-order valence-electron chi connectivity index (χ2n) is 4.29. The van der Waals surface area contributed by atoms with Crippen LogP contribution in [0.1, 0.15) is 18.6 Å². The third-order valence-electron chi connectivity index (χ3n) is 2.94. The lowest BCUT2D eigenvalue weighted by Gasteiger charge is -2.27. The summed E-state index contributed by atoms with van der Waals surface area (Å²) in [6.45, 7) is 0.727. The smallest absolute Gasteiger partial charge is 0.323 e. The molecule has 5 heteroatoms. The Balaban J connectivity index is 2.06. The summed E-state index contributed by atoms with van der Waals surface area (Å²) >= 11 is 0. The summed E-state index contributed by atoms with van der Waals surface area (Å²) in [5.41, 5.74) is 0. The highest BCUT2D eigenvalue weighted by Gasteiger charge is 2.37. The minimum Gasteiger partial charge on any atom is -0.480 e. The molecule has 1 aromatic rings. The number of nitrogens with zero attached hydrogens (tertiary/aromatic N) is 1. The fourth-order valence-corrected chi connectivity index (χ4v) is 1.95. The van der Waals surface area contributed by atoms with E-state index in [1.807, 2.05) is 17.0 Å². The normalized spacial score (nSPS) is 17.3. The van der Waals surface area contributed by atoms with Gasteiger partial charge in [0.1, 0.15) is 11.8 Å². The number of carboxylic acids is 1. The van der Waals surface area contributed by atoms with Crippen molar-refractivity contribution >= 4 is 5.97 Å². The molecule has 94 valence electrons. The van der Waals surface area contributed by atoms with E-state index >= 15 is 0 Å². The molecule has 1 N–H and O–H groups in total. The highest BCUT2D eigenvalue weighted by molar-refractivity contribution is 5.73. The molecule has 0 bridgehead atoms. The molecule has 2 rings (SSSR count). The number of methoxy groups -OCH3 is 1. The van der Waals surface area contributed by atoms with E-state index in [4.69, 9.17) is 9.15 Å². The first kappa shape index (κ1) is 12.1. The van der Waals surface area contributed by atoms with Gasteiger partial charge in [-0.2, -0.15) is 0 Å². The molecule has 1 unspecified atom stereocenters. The number of hydrogen-bond donors (Lipinski definition) is 1. The molecule has 1 aliphatic rings. The Morgan fingerprint density at radius 3 is 2.94 bits per heavy atom. The van der Waals surface area contributed by atoms with E-state index in [0.29, 0.717) is 12.6 Å². The SMILES string of the molecule is COCC(C(=O)O)N(Cc1ccco1)C1CC1. The van der Waals surface area contributed by atoms with Crippen molar-refractivity contribution in [3.05, 3.63) is 24.2 Å². The largest absolute Gasteiger partial charge is 0.480 e. The molecule has 0 radical (unpaired) electrons. The van der Waals surface area contributed by atoms with Crippen LogP contribution >= 0.6 is 0 Å². The van der Waals surface area contributed by atoms with Crippen molar-refractivity contribution in [2.45, 2.75) is 31.5 Å². The third kappa shape index (κ3) is 3.08. The third-order valence-corrected chi connectivity index (χ3v) is 2.94. The Morgan fingerprint density at radius 2 is 2.47 bits per heavy atom. The fraction of sp³-hybridized carbons (Fsp3) is 0.583. The number of carboxylic acid groups (broad SMARTS) is 1. The maximum Gasteiger partial charge on any atom is 0.323 e. The molecule has 0 spiro atoms. The molecule has 5 nitrogen and oxygen atoms in total. The first-order valence-corrected chi connectivity index (χ1v) is 5.72. The maximum absolute atomic E-state index is 11.2. The van der Waals surface area contributed by atoms with Gasteiger partial charge in [-0.25, -0.2) is 0 Å². The zero-order valence-electron chi connectivity index (χ0n) is 9.83. The molecule has 17 heavy (non-hydrogen) atoms. The van der Waals surface area contributed by atoms with E-state index in [1.54, 1.807) is 6.26 Å². The van der Waals surface area contributed by atoms with Crippen LogP contribution in [0, 0.1) is 0 Å². The first-order valence-electron chi connectivity index (χ1n) is 5.72. The second kappa shape index (κ2) is 5.33. The molecule has 0 aromatic carbocycles. The number of ether oxygens (including phenoxy) is 1. The predicted octanol–water partition coefficient (Wildman–Crippen LogP) is 1.34. The highest BCUT2D eigenvalue weighted by atomic mass is 16.5. The molecule has 1 atom stereocenters. The predicted molar refractivity (Wildman–Crippen MR) is 60.6 cm³/mol. The molecular weight excluding hydrogens is 222 g/mol. The van der Waals surface area contributed by atoms with Crippen LogP contribution in [0.15, 0.2) is 22.8 Å². The summed E-state index contributed by atoms with van der Waals surface area (Å²) in [6.07, 6.45) is 3.70. The summed E-state index contributed by atoms with van der Waals surface area (Å²) < 4.78 is 10.3. The quantitative estimate of drug-likeness (QED) is 0.778. The van der Waals surface area contributed by atoms with Crippen LogP contribution in [0.25, 0.3) is 0 Å². The molecule has 1 saturated carbocycles. The van der Waals surface area contributed by atoms with Crippen LogP contribution in [0.4, 0.5) is 0 Å². The number of furan rings is 1. The summed E-state index contributed by atoms with van der Waals surface area (Å²) in [6, 6.07) is 3.42. The summed E-state index contributed by atoms with van der Waals surface area (Å²) in [4.78, 5) is 13.2. The van der Waals surface area contributed by atoms with Crippen molar-refractivity contribution in [1.29, 1.82) is 0 Å². The van der Waals surface area contributed by atoms with Crippen LogP contribution in [0.3, 0.4) is 0 Å². The zero-order valence-corrected chi connectivity index (χ0v) is 9.83. The van der Waals surface area contributed by atoms with Crippen molar-refractivity contribution in [2.24, 2.45) is 0 Å². The maximum atomic E-state index is 11.2. The van der Waals surface area contributed by atoms with Crippen LogP contribution in [0.2, 0.25) is 0 Å². The average Bonchev–Trinajstić information content (AvgIpc) is 3.01. The second-order valence-corrected chi connectivity index (χ2v) is 4.29. The number of carbonyl (C=O) groups is 1. The fourth-order valence-electron chi connectivity index (χ4n) is 1.95. The first-order chi connectivity index (χ1) is 8.22.